The number of hydrogen-bond donors (Lipinski definition) is 2. The summed E-state index contributed by atoms with van der Waals surface area (Å²) in [7, 11) is 0. The largest absolute Gasteiger partial charge is 0.399 e. The van der Waals surface area contributed by atoms with Gasteiger partial charge in [0, 0.05) is 24.6 Å². The van der Waals surface area contributed by atoms with Crippen LogP contribution < -0.4 is 11.9 Å². The number of aryl methyl sites for hydroxylation is 3. The zero-order chi connectivity index (χ0) is 11.4. The van der Waals surface area contributed by atoms with Crippen LogP contribution in [0.15, 0.2) is 36.7 Å². The van der Waals surface area contributed by atoms with Crippen molar-refractivity contribution < 1.29 is 0 Å². The van der Waals surface area contributed by atoms with E-state index in [0.717, 1.165) is 30.6 Å². The van der Waals surface area contributed by atoms with Gasteiger partial charge in [0.15, 0.2) is 0 Å². The number of benzene rings is 1. The molecule has 0 aliphatic carbocycles. The summed E-state index contributed by atoms with van der Waals surface area (Å²) in [6, 6.07) is 8.20. The average molecular weight is 232 g/mol. The summed E-state index contributed by atoms with van der Waals surface area (Å²) in [6.07, 6.45) is 5.98. The van der Waals surface area contributed by atoms with Crippen LogP contribution in [-0.4, -0.2) is 9.78 Å². The fourth-order valence-corrected chi connectivity index (χ4v) is 1.77. The first kappa shape index (κ1) is 13.3. The van der Waals surface area contributed by atoms with Gasteiger partial charge in [0.25, 0.3) is 0 Å². The highest BCUT2D eigenvalue weighted by Gasteiger charge is 1.97. The quantitative estimate of drug-likeness (QED) is 0.795. The normalized spacial score (nSPS) is 9.94. The van der Waals surface area contributed by atoms with Gasteiger partial charge in [-0.15, -0.1) is 0 Å². The monoisotopic (exact) mass is 232 g/mol. The van der Waals surface area contributed by atoms with Crippen LogP contribution in [0.1, 0.15) is 17.5 Å². The molecule has 0 spiro atoms. The third-order valence-electron chi connectivity index (χ3n) is 2.75. The van der Waals surface area contributed by atoms with Crippen LogP contribution in [0.25, 0.3) is 0 Å². The maximum Gasteiger partial charge on any atom is 0.0489 e. The summed E-state index contributed by atoms with van der Waals surface area (Å²) < 4.78 is 1.96. The Hall–Kier alpha value is -1.81. The number of anilines is 1. The summed E-state index contributed by atoms with van der Waals surface area (Å²) in [5.74, 6) is 0. The number of hydrogen-bond acceptors (Lipinski definition) is 3. The summed E-state index contributed by atoms with van der Waals surface area (Å²) in [5.41, 5.74) is 9.16. The molecule has 0 saturated carbocycles. The zero-order valence-electron chi connectivity index (χ0n) is 10.3. The summed E-state index contributed by atoms with van der Waals surface area (Å²) in [5, 5.41) is 4.18. The Morgan fingerprint density at radius 2 is 2.18 bits per heavy atom. The van der Waals surface area contributed by atoms with Crippen LogP contribution in [0.5, 0.6) is 0 Å². The molecule has 0 fully saturated rings. The molecule has 1 heterocycles. The molecule has 0 saturated heterocycles. The molecular formula is C13H20N4. The highest BCUT2D eigenvalue weighted by atomic mass is 15.3. The Kier molecular flexibility index (Phi) is 4.72. The first-order chi connectivity index (χ1) is 7.75. The molecule has 0 unspecified atom stereocenters. The molecule has 0 bridgehead atoms. The molecule has 0 atom stereocenters. The van der Waals surface area contributed by atoms with Crippen molar-refractivity contribution in [1.29, 1.82) is 0 Å². The highest BCUT2D eigenvalue weighted by molar-refractivity contribution is 5.47. The lowest BCUT2D eigenvalue weighted by Crippen LogP contribution is -2.00. The molecule has 0 radical (unpaired) electrons. The molecule has 4 heteroatoms. The van der Waals surface area contributed by atoms with E-state index in [2.05, 4.69) is 17.2 Å². The minimum absolute atomic E-state index is 0. The first-order valence-corrected chi connectivity index (χ1v) is 5.58. The Bertz CT molecular complexity index is 448. The molecule has 1 aromatic heterocycles. The molecule has 1 aromatic carbocycles. The van der Waals surface area contributed by atoms with Crippen molar-refractivity contribution in [3.05, 3.63) is 47.8 Å². The van der Waals surface area contributed by atoms with E-state index in [1.807, 2.05) is 36.1 Å². The van der Waals surface area contributed by atoms with Gasteiger partial charge in [0.2, 0.25) is 0 Å². The molecule has 0 aliphatic rings. The molecule has 5 N–H and O–H groups in total. The van der Waals surface area contributed by atoms with E-state index >= 15 is 0 Å². The fourth-order valence-electron chi connectivity index (χ4n) is 1.77. The van der Waals surface area contributed by atoms with Crippen LogP contribution in [0.2, 0.25) is 0 Å². The minimum atomic E-state index is 0. The Morgan fingerprint density at radius 3 is 2.82 bits per heavy atom. The smallest absolute Gasteiger partial charge is 0.0489 e. The van der Waals surface area contributed by atoms with E-state index in [0.29, 0.717) is 0 Å². The van der Waals surface area contributed by atoms with Gasteiger partial charge in [-0.3, -0.25) is 4.68 Å². The lowest BCUT2D eigenvalue weighted by molar-refractivity contribution is 0.579. The highest BCUT2D eigenvalue weighted by Crippen LogP contribution is 2.14. The number of aromatic nitrogens is 2. The van der Waals surface area contributed by atoms with E-state index < -0.39 is 0 Å². The van der Waals surface area contributed by atoms with Crippen molar-refractivity contribution in [3.8, 4) is 0 Å². The molecule has 17 heavy (non-hydrogen) atoms. The number of rotatable bonds is 4. The number of nitrogens with zero attached hydrogens (tertiary/aromatic N) is 2. The van der Waals surface area contributed by atoms with Gasteiger partial charge >= 0.3 is 0 Å². The van der Waals surface area contributed by atoms with Crippen LogP contribution in [-0.2, 0) is 13.0 Å². The number of nitrogen functional groups attached to an aromatic ring is 1. The maximum atomic E-state index is 5.78. The van der Waals surface area contributed by atoms with Crippen LogP contribution in [0, 0.1) is 6.92 Å². The van der Waals surface area contributed by atoms with Crippen molar-refractivity contribution in [2.75, 3.05) is 5.73 Å². The molecule has 0 aliphatic heterocycles. The lowest BCUT2D eigenvalue weighted by atomic mass is 10.1. The van der Waals surface area contributed by atoms with Crippen molar-refractivity contribution in [1.82, 2.24) is 15.9 Å². The SMILES string of the molecule is Cc1cc(CCCn2cccn2)ccc1N.N. The van der Waals surface area contributed by atoms with E-state index in [1.165, 1.54) is 5.56 Å². The van der Waals surface area contributed by atoms with Crippen LogP contribution in [0.3, 0.4) is 0 Å². The first-order valence-electron chi connectivity index (χ1n) is 5.58. The van der Waals surface area contributed by atoms with Crippen molar-refractivity contribution >= 4 is 5.69 Å². The second-order valence-corrected chi connectivity index (χ2v) is 4.06. The standard InChI is InChI=1S/C13H17N3.H3N/c1-11-10-12(5-6-13(11)14)4-2-8-16-9-3-7-15-16;/h3,5-7,9-10H,2,4,8,14H2,1H3;1H3. The van der Waals surface area contributed by atoms with E-state index in [4.69, 9.17) is 5.73 Å². The molecule has 0 amide bonds. The molecular weight excluding hydrogens is 212 g/mol. The van der Waals surface area contributed by atoms with Gasteiger partial charge in [-0.05, 0) is 43.0 Å². The van der Waals surface area contributed by atoms with Gasteiger partial charge in [0.05, 0.1) is 0 Å². The van der Waals surface area contributed by atoms with Gasteiger partial charge < -0.3 is 11.9 Å². The van der Waals surface area contributed by atoms with Crippen LogP contribution in [0.4, 0.5) is 5.69 Å². The van der Waals surface area contributed by atoms with E-state index in [-0.39, 0.29) is 6.15 Å². The van der Waals surface area contributed by atoms with Gasteiger partial charge in [-0.1, -0.05) is 12.1 Å². The Balaban J connectivity index is 0.00000144. The predicted molar refractivity (Wildman–Crippen MR) is 71.2 cm³/mol. The van der Waals surface area contributed by atoms with Crippen molar-refractivity contribution in [3.63, 3.8) is 0 Å². The van der Waals surface area contributed by atoms with Gasteiger partial charge in [-0.25, -0.2) is 0 Å². The topological polar surface area (TPSA) is 78.8 Å². The zero-order valence-corrected chi connectivity index (χ0v) is 10.3. The molecule has 92 valence electrons. The Morgan fingerprint density at radius 1 is 1.35 bits per heavy atom. The van der Waals surface area contributed by atoms with Gasteiger partial charge in [0.1, 0.15) is 0 Å². The fraction of sp³-hybridized carbons (Fsp3) is 0.308. The summed E-state index contributed by atoms with van der Waals surface area (Å²) in [6.45, 7) is 3.02. The van der Waals surface area contributed by atoms with E-state index in [9.17, 15) is 0 Å². The van der Waals surface area contributed by atoms with Crippen LogP contribution >= 0.6 is 0 Å². The third-order valence-corrected chi connectivity index (χ3v) is 2.75. The second-order valence-electron chi connectivity index (χ2n) is 4.06. The molecule has 2 rings (SSSR count). The molecule has 4 nitrogen and oxygen atoms in total. The van der Waals surface area contributed by atoms with E-state index in [1.54, 1.807) is 0 Å². The second kappa shape index (κ2) is 6.06. The number of nitrogens with two attached hydrogens (primary N) is 1. The minimum Gasteiger partial charge on any atom is -0.399 e. The predicted octanol–water partition coefficient (Wildman–Crippen LogP) is 2.57. The van der Waals surface area contributed by atoms with Gasteiger partial charge in [-0.2, -0.15) is 5.10 Å². The molecule has 2 aromatic rings. The maximum absolute atomic E-state index is 5.78. The average Bonchev–Trinajstić information content (AvgIpc) is 2.76. The lowest BCUT2D eigenvalue weighted by Gasteiger charge is -2.05. The third kappa shape index (κ3) is 3.60. The summed E-state index contributed by atoms with van der Waals surface area (Å²) >= 11 is 0. The summed E-state index contributed by atoms with van der Waals surface area (Å²) in [4.78, 5) is 0. The Labute approximate surface area is 102 Å². The van der Waals surface area contributed by atoms with Crippen molar-refractivity contribution in [2.24, 2.45) is 0 Å². The van der Waals surface area contributed by atoms with Crippen molar-refractivity contribution in [2.45, 2.75) is 26.3 Å².